The number of nitrogens with zero attached hydrogens (tertiary/aromatic N) is 1. The van der Waals surface area contributed by atoms with Crippen LogP contribution >= 0.6 is 11.3 Å². The van der Waals surface area contributed by atoms with Crippen molar-refractivity contribution in [1.29, 1.82) is 0 Å². The molecule has 2 amide bonds. The molecule has 1 saturated heterocycles. The SMILES string of the molecule is O=C(O)CCCCCCC1CNC(=O)N1CCC(O)CCc1cccs1. The zero-order chi connectivity index (χ0) is 18.8. The number of carboxylic acid groups (broad SMARTS) is 1. The van der Waals surface area contributed by atoms with Crippen LogP contribution < -0.4 is 5.32 Å². The maximum atomic E-state index is 12.0. The van der Waals surface area contributed by atoms with Gasteiger partial charge >= 0.3 is 12.0 Å². The van der Waals surface area contributed by atoms with Crippen LogP contribution in [0.25, 0.3) is 0 Å². The highest BCUT2D eigenvalue weighted by Gasteiger charge is 2.30. The molecular weight excluding hydrogens is 352 g/mol. The number of unbranched alkanes of at least 4 members (excludes halogenated alkanes) is 3. The number of aliphatic hydroxyl groups is 1. The molecule has 1 aliphatic heterocycles. The van der Waals surface area contributed by atoms with Gasteiger partial charge in [0.25, 0.3) is 0 Å². The van der Waals surface area contributed by atoms with E-state index in [0.717, 1.165) is 44.9 Å². The highest BCUT2D eigenvalue weighted by Crippen LogP contribution is 2.18. The summed E-state index contributed by atoms with van der Waals surface area (Å²) in [6, 6.07) is 4.25. The summed E-state index contributed by atoms with van der Waals surface area (Å²) in [5.41, 5.74) is 0. The van der Waals surface area contributed by atoms with E-state index in [1.54, 1.807) is 11.3 Å². The average Bonchev–Trinajstić information content (AvgIpc) is 3.24. The molecule has 7 heteroatoms. The molecule has 1 aromatic rings. The van der Waals surface area contributed by atoms with Gasteiger partial charge in [0.05, 0.1) is 12.1 Å². The Labute approximate surface area is 159 Å². The second kappa shape index (κ2) is 11.2. The Hall–Kier alpha value is -1.60. The van der Waals surface area contributed by atoms with E-state index in [9.17, 15) is 14.7 Å². The van der Waals surface area contributed by atoms with Crippen molar-refractivity contribution in [2.24, 2.45) is 0 Å². The molecule has 2 heterocycles. The van der Waals surface area contributed by atoms with Gasteiger partial charge in [-0.15, -0.1) is 11.3 Å². The summed E-state index contributed by atoms with van der Waals surface area (Å²) in [7, 11) is 0. The van der Waals surface area contributed by atoms with Crippen LogP contribution in [-0.2, 0) is 11.2 Å². The number of carbonyl (C=O) groups excluding carboxylic acids is 1. The summed E-state index contributed by atoms with van der Waals surface area (Å²) < 4.78 is 0. The molecule has 2 rings (SSSR count). The van der Waals surface area contributed by atoms with Crippen LogP contribution in [0.3, 0.4) is 0 Å². The molecule has 1 fully saturated rings. The molecule has 0 aliphatic carbocycles. The Morgan fingerprint density at radius 3 is 2.85 bits per heavy atom. The van der Waals surface area contributed by atoms with E-state index in [1.165, 1.54) is 4.88 Å². The first-order valence-electron chi connectivity index (χ1n) is 9.53. The van der Waals surface area contributed by atoms with Crippen molar-refractivity contribution >= 4 is 23.3 Å². The minimum atomic E-state index is -0.737. The number of aryl methyl sites for hydroxylation is 1. The van der Waals surface area contributed by atoms with Crippen LogP contribution in [0.2, 0.25) is 0 Å². The third kappa shape index (κ3) is 7.33. The Morgan fingerprint density at radius 2 is 2.12 bits per heavy atom. The lowest BCUT2D eigenvalue weighted by atomic mass is 10.0. The lowest BCUT2D eigenvalue weighted by molar-refractivity contribution is -0.137. The molecule has 26 heavy (non-hydrogen) atoms. The fourth-order valence-electron chi connectivity index (χ4n) is 3.33. The van der Waals surface area contributed by atoms with E-state index in [4.69, 9.17) is 5.11 Å². The smallest absolute Gasteiger partial charge is 0.317 e. The molecule has 3 N–H and O–H groups in total. The maximum absolute atomic E-state index is 12.0. The molecule has 0 spiro atoms. The van der Waals surface area contributed by atoms with Crippen molar-refractivity contribution in [3.8, 4) is 0 Å². The largest absolute Gasteiger partial charge is 0.481 e. The van der Waals surface area contributed by atoms with E-state index in [-0.39, 0.29) is 24.6 Å². The van der Waals surface area contributed by atoms with Gasteiger partial charge < -0.3 is 20.4 Å². The Kier molecular flexibility index (Phi) is 8.91. The zero-order valence-electron chi connectivity index (χ0n) is 15.2. The fourth-order valence-corrected chi connectivity index (χ4v) is 4.06. The number of thiophene rings is 1. The van der Waals surface area contributed by atoms with Gasteiger partial charge in [-0.1, -0.05) is 25.3 Å². The van der Waals surface area contributed by atoms with E-state index < -0.39 is 5.97 Å². The molecule has 1 aliphatic rings. The Balaban J connectivity index is 1.62. The van der Waals surface area contributed by atoms with Gasteiger partial charge in [0.1, 0.15) is 0 Å². The summed E-state index contributed by atoms with van der Waals surface area (Å²) in [5, 5.41) is 23.8. The predicted molar refractivity (Wildman–Crippen MR) is 102 cm³/mol. The lowest BCUT2D eigenvalue weighted by Gasteiger charge is -2.24. The number of aliphatic hydroxyl groups excluding tert-OH is 1. The molecule has 2 unspecified atom stereocenters. The third-order valence-electron chi connectivity index (χ3n) is 4.88. The van der Waals surface area contributed by atoms with Crippen molar-refractivity contribution in [2.45, 2.75) is 69.9 Å². The zero-order valence-corrected chi connectivity index (χ0v) is 16.0. The lowest BCUT2D eigenvalue weighted by Crippen LogP contribution is -2.36. The molecule has 0 saturated carbocycles. The van der Waals surface area contributed by atoms with Crippen LogP contribution in [0, 0.1) is 0 Å². The minimum absolute atomic E-state index is 0.0358. The number of aliphatic carboxylic acids is 1. The molecule has 2 atom stereocenters. The fraction of sp³-hybridized carbons (Fsp3) is 0.684. The first-order valence-corrected chi connectivity index (χ1v) is 10.4. The normalized spacial score (nSPS) is 18.1. The Morgan fingerprint density at radius 1 is 1.31 bits per heavy atom. The summed E-state index contributed by atoms with van der Waals surface area (Å²) in [4.78, 5) is 25.6. The minimum Gasteiger partial charge on any atom is -0.481 e. The van der Waals surface area contributed by atoms with Crippen LogP contribution in [0.4, 0.5) is 4.79 Å². The highest BCUT2D eigenvalue weighted by molar-refractivity contribution is 7.09. The molecule has 0 radical (unpaired) electrons. The van der Waals surface area contributed by atoms with Gasteiger partial charge in [0.2, 0.25) is 0 Å². The van der Waals surface area contributed by atoms with Gasteiger partial charge in [0.15, 0.2) is 0 Å². The maximum Gasteiger partial charge on any atom is 0.317 e. The summed E-state index contributed by atoms with van der Waals surface area (Å²) in [6.07, 6.45) is 6.62. The molecular formula is C19H30N2O4S. The molecule has 6 nitrogen and oxygen atoms in total. The number of carbonyl (C=O) groups is 2. The van der Waals surface area contributed by atoms with Gasteiger partial charge in [-0.05, 0) is 43.6 Å². The topological polar surface area (TPSA) is 89.9 Å². The molecule has 1 aromatic heterocycles. The van der Waals surface area contributed by atoms with Gasteiger partial charge in [0, 0.05) is 24.4 Å². The predicted octanol–water partition coefficient (Wildman–Crippen LogP) is 3.25. The van der Waals surface area contributed by atoms with Crippen LogP contribution in [0.1, 0.15) is 56.2 Å². The van der Waals surface area contributed by atoms with E-state index in [2.05, 4.69) is 11.4 Å². The van der Waals surface area contributed by atoms with Gasteiger partial charge in [-0.2, -0.15) is 0 Å². The number of rotatable bonds is 13. The molecule has 0 aromatic carbocycles. The third-order valence-corrected chi connectivity index (χ3v) is 5.81. The summed E-state index contributed by atoms with van der Waals surface area (Å²) >= 11 is 1.71. The van der Waals surface area contributed by atoms with Gasteiger partial charge in [-0.3, -0.25) is 4.79 Å². The van der Waals surface area contributed by atoms with Crippen molar-refractivity contribution < 1.29 is 19.8 Å². The molecule has 146 valence electrons. The van der Waals surface area contributed by atoms with E-state index in [0.29, 0.717) is 19.5 Å². The Bertz CT molecular complexity index is 550. The number of hydrogen-bond acceptors (Lipinski definition) is 4. The second-order valence-electron chi connectivity index (χ2n) is 6.94. The van der Waals surface area contributed by atoms with Crippen LogP contribution in [0.15, 0.2) is 17.5 Å². The van der Waals surface area contributed by atoms with E-state index >= 15 is 0 Å². The number of hydrogen-bond donors (Lipinski definition) is 3. The average molecular weight is 383 g/mol. The van der Waals surface area contributed by atoms with Crippen molar-refractivity contribution in [1.82, 2.24) is 10.2 Å². The quantitative estimate of drug-likeness (QED) is 0.457. The summed E-state index contributed by atoms with van der Waals surface area (Å²) in [6.45, 7) is 1.25. The monoisotopic (exact) mass is 382 g/mol. The first kappa shape index (κ1) is 20.7. The number of amides is 2. The van der Waals surface area contributed by atoms with Crippen molar-refractivity contribution in [3.05, 3.63) is 22.4 Å². The van der Waals surface area contributed by atoms with Crippen molar-refractivity contribution in [2.75, 3.05) is 13.1 Å². The molecule has 0 bridgehead atoms. The van der Waals surface area contributed by atoms with E-state index in [1.807, 2.05) is 16.3 Å². The van der Waals surface area contributed by atoms with Gasteiger partial charge in [-0.25, -0.2) is 4.79 Å². The van der Waals surface area contributed by atoms with Crippen molar-refractivity contribution in [3.63, 3.8) is 0 Å². The van der Waals surface area contributed by atoms with Crippen LogP contribution in [-0.4, -0.2) is 52.3 Å². The number of nitrogens with one attached hydrogen (secondary N) is 1. The number of urea groups is 1. The highest BCUT2D eigenvalue weighted by atomic mass is 32.1. The standard InChI is InChI=1S/C19H30N2O4S/c22-16(9-10-17-7-5-13-26-17)11-12-21-15(14-20-19(21)25)6-3-1-2-4-8-18(23)24/h5,7,13,15-16,22H,1-4,6,8-12,14H2,(H,20,25)(H,23,24). The second-order valence-corrected chi connectivity index (χ2v) is 7.97. The van der Waals surface area contributed by atoms with Crippen LogP contribution in [0.5, 0.6) is 0 Å². The summed E-state index contributed by atoms with van der Waals surface area (Å²) in [5.74, 6) is -0.737. The number of carboxylic acids is 1. The first-order chi connectivity index (χ1) is 12.6.